The molecule has 0 bridgehead atoms. The van der Waals surface area contributed by atoms with Crippen molar-refractivity contribution in [2.45, 2.75) is 59.9 Å². The lowest BCUT2D eigenvalue weighted by Gasteiger charge is -2.33. The Morgan fingerprint density at radius 1 is 1.25 bits per heavy atom. The summed E-state index contributed by atoms with van der Waals surface area (Å²) in [4.78, 5) is 12.2. The Morgan fingerprint density at radius 3 is 2.86 bits per heavy atom. The Morgan fingerprint density at radius 2 is 2.11 bits per heavy atom. The van der Waals surface area contributed by atoms with Gasteiger partial charge < -0.3 is 0 Å². The minimum atomic E-state index is 0.351. The van der Waals surface area contributed by atoms with Crippen LogP contribution in [0.3, 0.4) is 0 Å². The molecule has 0 spiro atoms. The van der Waals surface area contributed by atoms with Gasteiger partial charge in [0.05, 0.1) is 11.1 Å². The maximum atomic E-state index is 4.89. The van der Waals surface area contributed by atoms with Crippen LogP contribution in [0.2, 0.25) is 0 Å². The quantitative estimate of drug-likeness (QED) is 0.521. The van der Waals surface area contributed by atoms with Gasteiger partial charge in [0.15, 0.2) is 11.5 Å². The number of aromatic nitrogens is 6. The van der Waals surface area contributed by atoms with Crippen LogP contribution in [0.25, 0.3) is 15.9 Å². The lowest BCUT2D eigenvalue weighted by Crippen LogP contribution is -2.26. The van der Waals surface area contributed by atoms with E-state index in [0.717, 1.165) is 53.7 Å². The molecule has 0 saturated heterocycles. The molecule has 0 N–H and O–H groups in total. The number of aryl methyl sites for hydroxylation is 4. The zero-order valence-corrected chi connectivity index (χ0v) is 17.8. The maximum Gasteiger partial charge on any atom is 0.167 e. The zero-order chi connectivity index (χ0) is 19.5. The second-order valence-electron chi connectivity index (χ2n) is 9.00. The molecule has 4 aromatic heterocycles. The molecule has 4 heterocycles. The first-order chi connectivity index (χ1) is 13.4. The van der Waals surface area contributed by atoms with E-state index in [-0.39, 0.29) is 0 Å². The van der Waals surface area contributed by atoms with Gasteiger partial charge in [-0.05, 0) is 49.1 Å². The molecule has 0 radical (unpaired) electrons. The topological polar surface area (TPSA) is 60.9 Å². The molecule has 146 valence electrons. The van der Waals surface area contributed by atoms with Gasteiger partial charge in [-0.3, -0.25) is 4.68 Å². The normalized spacial score (nSPS) is 17.5. The lowest BCUT2D eigenvalue weighted by atomic mass is 9.72. The second-order valence-corrected chi connectivity index (χ2v) is 10.1. The Bertz CT molecular complexity index is 1160. The van der Waals surface area contributed by atoms with Gasteiger partial charge in [-0.15, -0.1) is 16.4 Å². The molecular weight excluding hydrogens is 368 g/mol. The average Bonchev–Trinajstić information content (AvgIpc) is 3.33. The Labute approximate surface area is 168 Å². The van der Waals surface area contributed by atoms with Gasteiger partial charge in [-0.1, -0.05) is 20.8 Å². The number of fused-ring (bicyclic) bond motifs is 5. The predicted octanol–water partition coefficient (Wildman–Crippen LogP) is 4.24. The molecule has 4 aromatic rings. The molecule has 1 atom stereocenters. The Balaban J connectivity index is 1.49. The summed E-state index contributed by atoms with van der Waals surface area (Å²) in [5.41, 5.74) is 3.81. The molecule has 6 nitrogen and oxygen atoms in total. The molecule has 7 heteroatoms. The number of nitrogens with zero attached hydrogens (tertiary/aromatic N) is 6. The summed E-state index contributed by atoms with van der Waals surface area (Å²) >= 11 is 1.85. The summed E-state index contributed by atoms with van der Waals surface area (Å²) in [7, 11) is 0. The molecule has 0 unspecified atom stereocenters. The van der Waals surface area contributed by atoms with Crippen LogP contribution in [-0.4, -0.2) is 29.4 Å². The zero-order valence-electron chi connectivity index (χ0n) is 16.9. The highest BCUT2D eigenvalue weighted by Gasteiger charge is 2.31. The van der Waals surface area contributed by atoms with Gasteiger partial charge in [0, 0.05) is 24.0 Å². The van der Waals surface area contributed by atoms with Crippen LogP contribution in [0.1, 0.15) is 49.2 Å². The second kappa shape index (κ2) is 6.37. The van der Waals surface area contributed by atoms with Gasteiger partial charge >= 0.3 is 0 Å². The van der Waals surface area contributed by atoms with E-state index in [9.17, 15) is 0 Å². The SMILES string of the molecule is Cc1ccn(CCc2nc3c4c5c(sc4ncn3n2)C[C@H](C(C)(C)C)CC5)n1. The van der Waals surface area contributed by atoms with Crippen molar-refractivity contribution in [3.05, 3.63) is 40.5 Å². The first-order valence-corrected chi connectivity index (χ1v) is 10.8. The van der Waals surface area contributed by atoms with Gasteiger partial charge in [-0.2, -0.15) is 5.10 Å². The van der Waals surface area contributed by atoms with Crippen LogP contribution in [0.5, 0.6) is 0 Å². The van der Waals surface area contributed by atoms with Crippen LogP contribution in [0.4, 0.5) is 0 Å². The molecule has 0 amide bonds. The summed E-state index contributed by atoms with van der Waals surface area (Å²) in [6, 6.07) is 2.02. The summed E-state index contributed by atoms with van der Waals surface area (Å²) < 4.78 is 3.81. The standard InChI is InChI=1S/C21H26N6S/c1-13-7-9-26(24-13)10-8-17-23-19-18-15-6-5-14(21(2,3)4)11-16(15)28-20(18)22-12-27(19)25-17/h7,9,12,14H,5-6,8,10-11H2,1-4H3/t14-/m1/s1. The lowest BCUT2D eigenvalue weighted by molar-refractivity contribution is 0.218. The van der Waals surface area contributed by atoms with Crippen molar-refractivity contribution in [2.24, 2.45) is 11.3 Å². The summed E-state index contributed by atoms with van der Waals surface area (Å²) in [5.74, 6) is 1.58. The van der Waals surface area contributed by atoms with Gasteiger partial charge in [0.25, 0.3) is 0 Å². The first kappa shape index (κ1) is 17.8. The van der Waals surface area contributed by atoms with Crippen molar-refractivity contribution in [3.8, 4) is 0 Å². The minimum absolute atomic E-state index is 0.351. The fourth-order valence-electron chi connectivity index (χ4n) is 4.27. The van der Waals surface area contributed by atoms with Gasteiger partial charge in [0.1, 0.15) is 11.2 Å². The van der Waals surface area contributed by atoms with E-state index in [1.54, 1.807) is 0 Å². The van der Waals surface area contributed by atoms with E-state index < -0.39 is 0 Å². The number of hydrogen-bond acceptors (Lipinski definition) is 5. The third-order valence-corrected chi connectivity index (χ3v) is 7.16. The van der Waals surface area contributed by atoms with Crippen LogP contribution in [-0.2, 0) is 25.8 Å². The molecule has 1 aliphatic carbocycles. The van der Waals surface area contributed by atoms with E-state index in [0.29, 0.717) is 5.41 Å². The predicted molar refractivity (Wildman–Crippen MR) is 112 cm³/mol. The molecule has 0 fully saturated rings. The highest BCUT2D eigenvalue weighted by molar-refractivity contribution is 7.19. The van der Waals surface area contributed by atoms with Crippen molar-refractivity contribution >= 4 is 27.2 Å². The van der Waals surface area contributed by atoms with Crippen molar-refractivity contribution in [3.63, 3.8) is 0 Å². The van der Waals surface area contributed by atoms with Gasteiger partial charge in [-0.25, -0.2) is 14.5 Å². The van der Waals surface area contributed by atoms with Crippen LogP contribution >= 0.6 is 11.3 Å². The third-order valence-electron chi connectivity index (χ3n) is 5.99. The van der Waals surface area contributed by atoms with Gasteiger partial charge in [0.2, 0.25) is 0 Å². The molecule has 0 aromatic carbocycles. The van der Waals surface area contributed by atoms with E-state index >= 15 is 0 Å². The minimum Gasteiger partial charge on any atom is -0.272 e. The number of hydrogen-bond donors (Lipinski definition) is 0. The maximum absolute atomic E-state index is 4.89. The van der Waals surface area contributed by atoms with Crippen molar-refractivity contribution in [1.29, 1.82) is 0 Å². The third kappa shape index (κ3) is 3.02. The van der Waals surface area contributed by atoms with Crippen molar-refractivity contribution < 1.29 is 0 Å². The van der Waals surface area contributed by atoms with Crippen molar-refractivity contribution in [2.75, 3.05) is 0 Å². The molecular formula is C21H26N6S. The molecule has 5 rings (SSSR count). The number of thiophene rings is 1. The average molecular weight is 395 g/mol. The summed E-state index contributed by atoms with van der Waals surface area (Å²) in [5, 5.41) is 10.3. The highest BCUT2D eigenvalue weighted by Crippen LogP contribution is 2.43. The monoisotopic (exact) mass is 394 g/mol. The fraction of sp³-hybridized carbons (Fsp3) is 0.524. The molecule has 0 aliphatic heterocycles. The molecule has 28 heavy (non-hydrogen) atoms. The fourth-order valence-corrected chi connectivity index (χ4v) is 5.53. The Kier molecular flexibility index (Phi) is 4.05. The van der Waals surface area contributed by atoms with Crippen molar-refractivity contribution in [1.82, 2.24) is 29.4 Å². The van der Waals surface area contributed by atoms with E-state index in [2.05, 4.69) is 31.0 Å². The first-order valence-electron chi connectivity index (χ1n) is 10.0. The largest absolute Gasteiger partial charge is 0.272 e. The van der Waals surface area contributed by atoms with Crippen LogP contribution in [0, 0.1) is 18.3 Å². The molecule has 0 saturated carbocycles. The van der Waals surface area contributed by atoms with Crippen LogP contribution in [0.15, 0.2) is 18.6 Å². The van der Waals surface area contributed by atoms with E-state index in [1.165, 1.54) is 22.2 Å². The summed E-state index contributed by atoms with van der Waals surface area (Å²) in [6.07, 6.45) is 8.10. The van der Waals surface area contributed by atoms with Crippen LogP contribution < -0.4 is 0 Å². The Hall–Kier alpha value is -2.28. The van der Waals surface area contributed by atoms with E-state index in [4.69, 9.17) is 9.97 Å². The smallest absolute Gasteiger partial charge is 0.167 e. The molecule has 1 aliphatic rings. The summed E-state index contributed by atoms with van der Waals surface area (Å²) in [6.45, 7) is 9.87. The van der Waals surface area contributed by atoms with E-state index in [1.807, 2.05) is 46.0 Å². The highest BCUT2D eigenvalue weighted by atomic mass is 32.1. The number of rotatable bonds is 3.